The standard InChI is InChI=1S/C30H36BrFN2O2/c1-8-10-13-25(19-27(21(3)9-2)26-15-14-24(31)18-28(26)32)34(6)29(17-22(4)30(35)36-7)23-12-11-16-33(5)20-23/h14-15,17-20H,4,8-10,13,16H2,1-3,5-7H3/b25-19-,27-21+,29-17-. The molecule has 1 aromatic rings. The normalized spacial score (nSPS) is 14.4. The predicted octanol–water partition coefficient (Wildman–Crippen LogP) is 7.22. The molecule has 0 amide bonds. The number of likely N-dealkylation sites (N-methyl/N-ethyl adjacent to an activating group) is 1. The van der Waals surface area contributed by atoms with Crippen LogP contribution in [0.4, 0.5) is 4.39 Å². The van der Waals surface area contributed by atoms with Crippen molar-refractivity contribution in [3.8, 4) is 11.8 Å². The van der Waals surface area contributed by atoms with Crippen LogP contribution in [0.25, 0.3) is 5.57 Å². The summed E-state index contributed by atoms with van der Waals surface area (Å²) in [5.74, 6) is 5.55. The largest absolute Gasteiger partial charge is 0.465 e. The second kappa shape index (κ2) is 13.9. The van der Waals surface area contributed by atoms with Crippen LogP contribution in [0.5, 0.6) is 0 Å². The van der Waals surface area contributed by atoms with Crippen LogP contribution < -0.4 is 0 Å². The number of benzene rings is 1. The molecule has 1 aromatic carbocycles. The Kier molecular flexibility index (Phi) is 11.3. The molecular weight excluding hydrogens is 519 g/mol. The van der Waals surface area contributed by atoms with E-state index in [4.69, 9.17) is 4.74 Å². The fraction of sp³-hybridized carbons (Fsp3) is 0.367. The first kappa shape index (κ1) is 29.2. The van der Waals surface area contributed by atoms with Gasteiger partial charge in [0.2, 0.25) is 0 Å². The van der Waals surface area contributed by atoms with Crippen molar-refractivity contribution in [2.75, 3.05) is 27.7 Å². The molecule has 4 nitrogen and oxygen atoms in total. The molecule has 1 aliphatic rings. The van der Waals surface area contributed by atoms with E-state index < -0.39 is 5.97 Å². The maximum absolute atomic E-state index is 15.1. The van der Waals surface area contributed by atoms with Gasteiger partial charge in [-0.1, -0.05) is 66.3 Å². The summed E-state index contributed by atoms with van der Waals surface area (Å²) in [7, 11) is 5.24. The Morgan fingerprint density at radius 1 is 1.33 bits per heavy atom. The van der Waals surface area contributed by atoms with E-state index in [1.54, 1.807) is 6.08 Å². The topological polar surface area (TPSA) is 32.8 Å². The molecule has 0 saturated carbocycles. The first-order chi connectivity index (χ1) is 17.1. The van der Waals surface area contributed by atoms with E-state index in [1.165, 1.54) is 13.2 Å². The number of esters is 1. The first-order valence-corrected chi connectivity index (χ1v) is 12.9. The second-order valence-corrected chi connectivity index (χ2v) is 9.69. The lowest BCUT2D eigenvalue weighted by molar-refractivity contribution is -0.135. The summed E-state index contributed by atoms with van der Waals surface area (Å²) >= 11 is 3.36. The number of hydrogen-bond acceptors (Lipinski definition) is 4. The average Bonchev–Trinajstić information content (AvgIpc) is 2.86. The fourth-order valence-electron chi connectivity index (χ4n) is 3.74. The zero-order chi connectivity index (χ0) is 26.8. The number of carbonyl (C=O) groups excluding carboxylic acids is 1. The van der Waals surface area contributed by atoms with Crippen LogP contribution in [0.1, 0.15) is 52.0 Å². The molecule has 0 spiro atoms. The van der Waals surface area contributed by atoms with Crippen molar-refractivity contribution in [2.24, 2.45) is 0 Å². The van der Waals surface area contributed by atoms with E-state index in [2.05, 4.69) is 54.3 Å². The maximum atomic E-state index is 15.1. The van der Waals surface area contributed by atoms with E-state index >= 15 is 4.39 Å². The third kappa shape index (κ3) is 7.73. The Bertz CT molecular complexity index is 1180. The Labute approximate surface area is 224 Å². The summed E-state index contributed by atoms with van der Waals surface area (Å²) in [6.07, 6.45) is 9.25. The quantitative estimate of drug-likeness (QED) is 0.125. The third-order valence-corrected chi connectivity index (χ3v) is 6.53. The van der Waals surface area contributed by atoms with Crippen LogP contribution in [-0.4, -0.2) is 43.5 Å². The van der Waals surface area contributed by atoms with Gasteiger partial charge in [0.1, 0.15) is 5.82 Å². The molecule has 6 heteroatoms. The van der Waals surface area contributed by atoms with E-state index in [0.717, 1.165) is 53.8 Å². The van der Waals surface area contributed by atoms with Gasteiger partial charge >= 0.3 is 5.97 Å². The average molecular weight is 556 g/mol. The third-order valence-electron chi connectivity index (χ3n) is 6.04. The highest BCUT2D eigenvalue weighted by Crippen LogP contribution is 2.32. The number of hydrogen-bond donors (Lipinski definition) is 0. The van der Waals surface area contributed by atoms with E-state index in [1.807, 2.05) is 49.2 Å². The van der Waals surface area contributed by atoms with Crippen molar-refractivity contribution in [3.05, 3.63) is 87.1 Å². The zero-order valence-corrected chi connectivity index (χ0v) is 23.8. The van der Waals surface area contributed by atoms with E-state index in [-0.39, 0.29) is 11.4 Å². The summed E-state index contributed by atoms with van der Waals surface area (Å²) in [5.41, 5.74) is 5.21. The van der Waals surface area contributed by atoms with E-state index in [9.17, 15) is 4.79 Å². The van der Waals surface area contributed by atoms with Crippen molar-refractivity contribution < 1.29 is 13.9 Å². The summed E-state index contributed by atoms with van der Waals surface area (Å²) in [4.78, 5) is 16.2. The molecule has 0 bridgehead atoms. The van der Waals surface area contributed by atoms with Gasteiger partial charge in [-0.3, -0.25) is 0 Å². The number of methoxy groups -OCH3 is 1. The highest BCUT2D eigenvalue weighted by atomic mass is 79.9. The summed E-state index contributed by atoms with van der Waals surface area (Å²) in [5, 5.41) is 0. The van der Waals surface area contributed by atoms with Crippen LogP contribution in [0, 0.1) is 17.7 Å². The van der Waals surface area contributed by atoms with Gasteiger partial charge in [-0.25, -0.2) is 9.18 Å². The number of ether oxygens (including phenoxy) is 1. The molecular formula is C30H36BrFN2O2. The van der Waals surface area contributed by atoms with Crippen molar-refractivity contribution in [3.63, 3.8) is 0 Å². The number of nitrogens with zero attached hydrogens (tertiary/aromatic N) is 2. The van der Waals surface area contributed by atoms with Gasteiger partial charge in [0, 0.05) is 36.0 Å². The van der Waals surface area contributed by atoms with Crippen molar-refractivity contribution in [1.82, 2.24) is 9.80 Å². The molecule has 0 unspecified atom stereocenters. The molecule has 0 atom stereocenters. The number of allylic oxidation sites excluding steroid dienone is 5. The predicted molar refractivity (Wildman–Crippen MR) is 150 cm³/mol. The lowest BCUT2D eigenvalue weighted by atomic mass is 9.96. The molecule has 0 aliphatic carbocycles. The monoisotopic (exact) mass is 554 g/mol. The Morgan fingerprint density at radius 3 is 2.64 bits per heavy atom. The minimum atomic E-state index is -0.503. The number of halogens is 2. The SMILES string of the molecule is C=C(/C=C(/C1=CN(C)CC#C1)N(C)/C(=C\C(=C(\C)CC)c1ccc(Br)cc1F)CCCC)C(=O)OC. The van der Waals surface area contributed by atoms with E-state index in [0.29, 0.717) is 16.6 Å². The van der Waals surface area contributed by atoms with Crippen molar-refractivity contribution in [2.45, 2.75) is 46.5 Å². The first-order valence-electron chi connectivity index (χ1n) is 12.1. The number of rotatable bonds is 11. The van der Waals surface area contributed by atoms with Crippen LogP contribution >= 0.6 is 15.9 Å². The van der Waals surface area contributed by atoms with Gasteiger partial charge in [-0.15, -0.1) is 0 Å². The molecule has 2 rings (SSSR count). The number of carbonyl (C=O) groups is 1. The zero-order valence-electron chi connectivity index (χ0n) is 22.2. The van der Waals surface area contributed by atoms with Gasteiger partial charge in [-0.2, -0.15) is 0 Å². The molecule has 0 fully saturated rings. The molecule has 0 N–H and O–H groups in total. The molecule has 0 aromatic heterocycles. The van der Waals surface area contributed by atoms with Gasteiger partial charge < -0.3 is 14.5 Å². The molecule has 192 valence electrons. The van der Waals surface area contributed by atoms with Crippen LogP contribution in [0.2, 0.25) is 0 Å². The van der Waals surface area contributed by atoms with Gasteiger partial charge in [0.15, 0.2) is 0 Å². The Morgan fingerprint density at radius 2 is 2.06 bits per heavy atom. The molecule has 0 radical (unpaired) electrons. The molecule has 1 heterocycles. The van der Waals surface area contributed by atoms with Crippen LogP contribution in [0.15, 0.2) is 75.7 Å². The van der Waals surface area contributed by atoms with Gasteiger partial charge in [0.05, 0.1) is 30.5 Å². The van der Waals surface area contributed by atoms with Crippen molar-refractivity contribution in [1.29, 1.82) is 0 Å². The highest BCUT2D eigenvalue weighted by molar-refractivity contribution is 9.10. The lowest BCUT2D eigenvalue weighted by Crippen LogP contribution is -2.23. The van der Waals surface area contributed by atoms with Crippen LogP contribution in [-0.2, 0) is 9.53 Å². The van der Waals surface area contributed by atoms with Gasteiger partial charge in [0.25, 0.3) is 0 Å². The summed E-state index contributed by atoms with van der Waals surface area (Å²) in [6.45, 7) is 10.8. The Hall–Kier alpha value is -3.04. The minimum Gasteiger partial charge on any atom is -0.465 e. The summed E-state index contributed by atoms with van der Waals surface area (Å²) < 4.78 is 20.7. The van der Waals surface area contributed by atoms with Gasteiger partial charge in [-0.05, 0) is 56.0 Å². The molecule has 36 heavy (non-hydrogen) atoms. The molecule has 0 saturated heterocycles. The minimum absolute atomic E-state index is 0.226. The van der Waals surface area contributed by atoms with Crippen molar-refractivity contribution >= 4 is 27.5 Å². The van der Waals surface area contributed by atoms with Crippen LogP contribution in [0.3, 0.4) is 0 Å². The summed E-state index contributed by atoms with van der Waals surface area (Å²) in [6, 6.07) is 5.15. The fourth-order valence-corrected chi connectivity index (χ4v) is 4.08. The number of unbranched alkanes of at least 4 members (excludes halogenated alkanes) is 1. The maximum Gasteiger partial charge on any atom is 0.337 e. The molecule has 1 aliphatic heterocycles. The Balaban J connectivity index is 2.72. The lowest BCUT2D eigenvalue weighted by Gasteiger charge is -2.29. The smallest absolute Gasteiger partial charge is 0.337 e. The second-order valence-electron chi connectivity index (χ2n) is 8.78. The highest BCUT2D eigenvalue weighted by Gasteiger charge is 2.19.